The summed E-state index contributed by atoms with van der Waals surface area (Å²) < 4.78 is 0. The Bertz CT molecular complexity index is 633. The first kappa shape index (κ1) is 13.0. The summed E-state index contributed by atoms with van der Waals surface area (Å²) in [6, 6.07) is 5.43. The molecule has 19 heavy (non-hydrogen) atoms. The molecule has 2 rings (SSSR count). The van der Waals surface area contributed by atoms with Crippen LogP contribution in [0.15, 0.2) is 23.7 Å². The number of nitrogens with zero attached hydrogens (tertiary/aromatic N) is 3. The highest BCUT2D eigenvalue weighted by molar-refractivity contribution is 7.09. The molecule has 0 atom stereocenters. The molecule has 6 nitrogen and oxygen atoms in total. The number of anilines is 1. The van der Waals surface area contributed by atoms with Crippen LogP contribution in [0, 0.1) is 11.3 Å². The number of carboxylic acid groups (broad SMARTS) is 1. The number of hydrogen-bond acceptors (Lipinski definition) is 6. The van der Waals surface area contributed by atoms with Crippen LogP contribution in [-0.2, 0) is 6.42 Å². The molecule has 0 fully saturated rings. The van der Waals surface area contributed by atoms with Gasteiger partial charge in [-0.25, -0.2) is 14.8 Å². The van der Waals surface area contributed by atoms with Gasteiger partial charge in [-0.3, -0.25) is 0 Å². The molecule has 0 bridgehead atoms. The number of aromatic nitrogens is 2. The average molecular weight is 274 g/mol. The van der Waals surface area contributed by atoms with E-state index in [1.807, 2.05) is 6.07 Å². The van der Waals surface area contributed by atoms with E-state index in [1.165, 1.54) is 16.7 Å². The molecule has 0 aliphatic heterocycles. The van der Waals surface area contributed by atoms with Gasteiger partial charge in [-0.15, -0.1) is 11.3 Å². The van der Waals surface area contributed by atoms with Gasteiger partial charge in [0.15, 0.2) is 5.69 Å². The topological polar surface area (TPSA) is 98.9 Å². The second-order valence-electron chi connectivity index (χ2n) is 3.62. The number of hydrogen-bond donors (Lipinski definition) is 2. The highest BCUT2D eigenvalue weighted by Crippen LogP contribution is 2.12. The molecule has 0 saturated heterocycles. The molecule has 2 aromatic heterocycles. The Morgan fingerprint density at radius 1 is 1.58 bits per heavy atom. The maximum absolute atomic E-state index is 10.7. The Morgan fingerprint density at radius 3 is 3.11 bits per heavy atom. The zero-order valence-corrected chi connectivity index (χ0v) is 10.6. The van der Waals surface area contributed by atoms with Crippen molar-refractivity contribution in [2.24, 2.45) is 0 Å². The zero-order valence-electron chi connectivity index (χ0n) is 9.83. The van der Waals surface area contributed by atoms with Gasteiger partial charge in [0.2, 0.25) is 0 Å². The molecule has 0 aromatic carbocycles. The van der Waals surface area contributed by atoms with Crippen LogP contribution in [0.25, 0.3) is 0 Å². The minimum absolute atomic E-state index is 0.0653. The molecule has 2 aromatic rings. The average Bonchev–Trinajstić information content (AvgIpc) is 2.88. The molecule has 96 valence electrons. The highest BCUT2D eigenvalue weighted by Gasteiger charge is 2.08. The van der Waals surface area contributed by atoms with Crippen LogP contribution in [0.2, 0.25) is 0 Å². The Hall–Kier alpha value is -2.46. The summed E-state index contributed by atoms with van der Waals surface area (Å²) in [5.41, 5.74) is 0.545. The van der Waals surface area contributed by atoms with E-state index < -0.39 is 5.97 Å². The van der Waals surface area contributed by atoms with Crippen LogP contribution in [0.4, 0.5) is 5.82 Å². The van der Waals surface area contributed by atoms with Gasteiger partial charge < -0.3 is 10.4 Å². The van der Waals surface area contributed by atoms with Crippen molar-refractivity contribution in [3.63, 3.8) is 0 Å². The van der Waals surface area contributed by atoms with Gasteiger partial charge >= 0.3 is 5.97 Å². The van der Waals surface area contributed by atoms with Gasteiger partial charge in [-0.1, -0.05) is 0 Å². The van der Waals surface area contributed by atoms with Crippen molar-refractivity contribution < 1.29 is 9.90 Å². The van der Waals surface area contributed by atoms with E-state index in [9.17, 15) is 4.79 Å². The molecule has 0 amide bonds. The fourth-order valence-corrected chi connectivity index (χ4v) is 2.22. The summed E-state index contributed by atoms with van der Waals surface area (Å²) >= 11 is 1.31. The van der Waals surface area contributed by atoms with E-state index in [4.69, 9.17) is 10.4 Å². The molecule has 0 spiro atoms. The minimum atomic E-state index is -1.02. The summed E-state index contributed by atoms with van der Waals surface area (Å²) in [6.07, 6.45) is 2.19. The first-order valence-electron chi connectivity index (χ1n) is 5.47. The number of nitriles is 1. The maximum atomic E-state index is 10.7. The number of pyridine rings is 1. The molecule has 0 unspecified atom stereocenters. The van der Waals surface area contributed by atoms with E-state index in [-0.39, 0.29) is 5.69 Å². The lowest BCUT2D eigenvalue weighted by atomic mass is 10.3. The first-order chi connectivity index (χ1) is 9.20. The van der Waals surface area contributed by atoms with Crippen molar-refractivity contribution in [1.29, 1.82) is 5.26 Å². The molecular formula is C12H10N4O2S. The van der Waals surface area contributed by atoms with Crippen LogP contribution >= 0.6 is 11.3 Å². The minimum Gasteiger partial charge on any atom is -0.476 e. The number of nitrogens with one attached hydrogen (secondary N) is 1. The Kier molecular flexibility index (Phi) is 4.05. The number of carboxylic acids is 1. The fraction of sp³-hybridized carbons (Fsp3) is 0.167. The molecule has 0 aliphatic rings. The van der Waals surface area contributed by atoms with Crippen LogP contribution in [0.3, 0.4) is 0 Å². The van der Waals surface area contributed by atoms with Gasteiger partial charge in [-0.2, -0.15) is 5.26 Å². The molecule has 0 saturated carbocycles. The lowest BCUT2D eigenvalue weighted by Gasteiger charge is -2.04. The molecule has 0 aliphatic carbocycles. The van der Waals surface area contributed by atoms with Crippen molar-refractivity contribution in [1.82, 2.24) is 9.97 Å². The number of thiazole rings is 1. The Balaban J connectivity index is 1.93. The lowest BCUT2D eigenvalue weighted by Crippen LogP contribution is -2.08. The molecular weight excluding hydrogens is 264 g/mol. The lowest BCUT2D eigenvalue weighted by molar-refractivity contribution is 0.0691. The van der Waals surface area contributed by atoms with Crippen molar-refractivity contribution in [3.05, 3.63) is 40.0 Å². The van der Waals surface area contributed by atoms with Gasteiger partial charge in [0.25, 0.3) is 0 Å². The predicted molar refractivity (Wildman–Crippen MR) is 70.2 cm³/mol. The number of rotatable bonds is 5. The molecule has 0 radical (unpaired) electrons. The molecule has 2 heterocycles. The van der Waals surface area contributed by atoms with E-state index >= 15 is 0 Å². The standard InChI is InChI=1S/C12H10N4O2S/c13-6-8-2-1-4-14-11(8)15-5-3-10-16-9(7-19-10)12(17)18/h1-2,4,7H,3,5H2,(H,14,15)(H,17,18). The van der Waals surface area contributed by atoms with Crippen LogP contribution in [-0.4, -0.2) is 27.6 Å². The summed E-state index contributed by atoms with van der Waals surface area (Å²) in [5, 5.41) is 22.9. The summed E-state index contributed by atoms with van der Waals surface area (Å²) in [5.74, 6) is -0.494. The number of aromatic carboxylic acids is 1. The number of carbonyl (C=O) groups is 1. The third kappa shape index (κ3) is 3.26. The SMILES string of the molecule is N#Cc1cccnc1NCCc1nc(C(=O)O)cs1. The van der Waals surface area contributed by atoms with E-state index in [2.05, 4.69) is 15.3 Å². The van der Waals surface area contributed by atoms with Gasteiger partial charge in [0, 0.05) is 24.5 Å². The molecule has 2 N–H and O–H groups in total. The second kappa shape index (κ2) is 5.93. The van der Waals surface area contributed by atoms with Crippen molar-refractivity contribution in [3.8, 4) is 6.07 Å². The van der Waals surface area contributed by atoms with E-state index in [0.29, 0.717) is 24.3 Å². The van der Waals surface area contributed by atoms with E-state index in [0.717, 1.165) is 5.01 Å². The summed E-state index contributed by atoms with van der Waals surface area (Å²) in [7, 11) is 0. The van der Waals surface area contributed by atoms with Gasteiger partial charge in [0.1, 0.15) is 11.9 Å². The predicted octanol–water partition coefficient (Wildman–Crippen LogP) is 1.76. The third-order valence-corrected chi connectivity index (χ3v) is 3.24. The normalized spacial score (nSPS) is 9.84. The van der Waals surface area contributed by atoms with E-state index in [1.54, 1.807) is 18.3 Å². The quantitative estimate of drug-likeness (QED) is 0.862. The largest absolute Gasteiger partial charge is 0.476 e. The summed E-state index contributed by atoms with van der Waals surface area (Å²) in [4.78, 5) is 18.7. The Morgan fingerprint density at radius 2 is 2.42 bits per heavy atom. The van der Waals surface area contributed by atoms with Crippen LogP contribution in [0.1, 0.15) is 21.1 Å². The first-order valence-corrected chi connectivity index (χ1v) is 6.35. The van der Waals surface area contributed by atoms with Crippen LogP contribution in [0.5, 0.6) is 0 Å². The van der Waals surface area contributed by atoms with Gasteiger partial charge in [0.05, 0.1) is 10.6 Å². The third-order valence-electron chi connectivity index (χ3n) is 2.33. The fourth-order valence-electron chi connectivity index (χ4n) is 1.45. The second-order valence-corrected chi connectivity index (χ2v) is 4.56. The van der Waals surface area contributed by atoms with Crippen molar-refractivity contribution >= 4 is 23.1 Å². The van der Waals surface area contributed by atoms with Crippen LogP contribution < -0.4 is 5.32 Å². The smallest absolute Gasteiger partial charge is 0.355 e. The monoisotopic (exact) mass is 274 g/mol. The summed E-state index contributed by atoms with van der Waals surface area (Å²) in [6.45, 7) is 0.540. The van der Waals surface area contributed by atoms with Crippen molar-refractivity contribution in [2.75, 3.05) is 11.9 Å². The molecule has 7 heteroatoms. The Labute approximate surface area is 113 Å². The zero-order chi connectivity index (χ0) is 13.7. The maximum Gasteiger partial charge on any atom is 0.355 e. The van der Waals surface area contributed by atoms with Crippen molar-refractivity contribution in [2.45, 2.75) is 6.42 Å². The highest BCUT2D eigenvalue weighted by atomic mass is 32.1. The van der Waals surface area contributed by atoms with Gasteiger partial charge in [-0.05, 0) is 12.1 Å².